The van der Waals surface area contributed by atoms with E-state index in [0.717, 1.165) is 17.7 Å². The molecular formula is C28H28N2O2. The maximum atomic E-state index is 12.2. The van der Waals surface area contributed by atoms with Crippen molar-refractivity contribution in [1.29, 1.82) is 0 Å². The monoisotopic (exact) mass is 424 g/mol. The molecule has 1 aliphatic carbocycles. The van der Waals surface area contributed by atoms with Gasteiger partial charge in [0, 0.05) is 5.69 Å². The second-order valence-electron chi connectivity index (χ2n) is 8.17. The van der Waals surface area contributed by atoms with Crippen molar-refractivity contribution >= 4 is 22.9 Å². The van der Waals surface area contributed by atoms with Crippen molar-refractivity contribution in [2.75, 3.05) is 5.73 Å². The summed E-state index contributed by atoms with van der Waals surface area (Å²) in [6.45, 7) is 2.23. The lowest BCUT2D eigenvalue weighted by molar-refractivity contribution is 0.104. The Balaban J connectivity index is 1.53. The second-order valence-corrected chi connectivity index (χ2v) is 8.17. The van der Waals surface area contributed by atoms with E-state index in [1.165, 1.54) is 55.0 Å². The first-order valence-electron chi connectivity index (χ1n) is 11.2. The summed E-state index contributed by atoms with van der Waals surface area (Å²) >= 11 is 0. The molecule has 0 saturated heterocycles. The van der Waals surface area contributed by atoms with E-state index < -0.39 is 0 Å². The third-order valence-electron chi connectivity index (χ3n) is 5.83. The van der Waals surface area contributed by atoms with Gasteiger partial charge in [0.15, 0.2) is 5.78 Å². The number of aryl methyl sites for hydroxylation is 1. The first-order chi connectivity index (χ1) is 15.6. The normalized spacial score (nSPS) is 14.0. The number of hydrogen-bond acceptors (Lipinski definition) is 4. The van der Waals surface area contributed by atoms with Crippen LogP contribution in [0.25, 0.3) is 11.1 Å². The lowest BCUT2D eigenvalue weighted by Crippen LogP contribution is -2.15. The maximum absolute atomic E-state index is 12.2. The number of hydrogen-bond donors (Lipinski definition) is 2. The third kappa shape index (κ3) is 4.65. The Morgan fingerprint density at radius 2 is 1.50 bits per heavy atom. The molecule has 4 heteroatoms. The van der Waals surface area contributed by atoms with Crippen LogP contribution in [0.1, 0.15) is 54.1 Å². The van der Waals surface area contributed by atoms with Crippen LogP contribution in [0, 0.1) is 0 Å². The molecule has 0 amide bonds. The summed E-state index contributed by atoms with van der Waals surface area (Å²) < 4.78 is 0. The van der Waals surface area contributed by atoms with Gasteiger partial charge >= 0.3 is 0 Å². The van der Waals surface area contributed by atoms with Crippen LogP contribution in [0.3, 0.4) is 0 Å². The zero-order valence-electron chi connectivity index (χ0n) is 18.3. The van der Waals surface area contributed by atoms with Gasteiger partial charge in [-0.25, -0.2) is 4.99 Å². The van der Waals surface area contributed by atoms with Crippen LogP contribution in [0.5, 0.6) is 5.75 Å². The molecule has 0 heterocycles. The van der Waals surface area contributed by atoms with E-state index in [4.69, 9.17) is 5.73 Å². The summed E-state index contributed by atoms with van der Waals surface area (Å²) in [7, 11) is 0. The zero-order chi connectivity index (χ0) is 22.5. The van der Waals surface area contributed by atoms with Gasteiger partial charge in [-0.1, -0.05) is 62.6 Å². The average Bonchev–Trinajstić information content (AvgIpc) is 2.81. The summed E-state index contributed by atoms with van der Waals surface area (Å²) in [4.78, 5) is 16.9. The van der Waals surface area contributed by atoms with Crippen LogP contribution >= 0.6 is 0 Å². The predicted octanol–water partition coefficient (Wildman–Crippen LogP) is 6.64. The van der Waals surface area contributed by atoms with Crippen LogP contribution < -0.4 is 5.73 Å². The van der Waals surface area contributed by atoms with Gasteiger partial charge in [0.05, 0.1) is 22.5 Å². The van der Waals surface area contributed by atoms with E-state index in [0.29, 0.717) is 22.5 Å². The van der Waals surface area contributed by atoms with Gasteiger partial charge in [0.25, 0.3) is 0 Å². The van der Waals surface area contributed by atoms with Crippen molar-refractivity contribution in [1.82, 2.24) is 0 Å². The minimum atomic E-state index is -0.225. The largest absolute Gasteiger partial charge is 0.507 e. The molecule has 4 nitrogen and oxygen atoms in total. The number of phenols is 1. The molecular weight excluding hydrogens is 396 g/mol. The Kier molecular flexibility index (Phi) is 6.50. The standard InChI is InChI=1S/C28H28N2O2/c1-2-3-4-5-6-19-7-9-20(10-8-19)21-11-13-22(14-12-21)30-24-16-18-25(31)27-23(29)15-17-26(32)28(24)27/h7-18,32H,2-6,29H2,1H3. The fourth-order valence-corrected chi connectivity index (χ4v) is 4.03. The van der Waals surface area contributed by atoms with Crippen LogP contribution in [0.15, 0.2) is 77.8 Å². The van der Waals surface area contributed by atoms with Gasteiger partial charge in [-0.05, 0) is 65.9 Å². The molecule has 0 aliphatic heterocycles. The number of benzene rings is 3. The molecule has 4 rings (SSSR count). The molecule has 3 aromatic rings. The summed E-state index contributed by atoms with van der Waals surface area (Å²) in [5.74, 6) is -0.228. The molecule has 0 atom stereocenters. The number of phenolic OH excluding ortho intramolecular Hbond substituents is 1. The SMILES string of the molecule is CCCCCCc1ccc(-c2ccc(N=C3C=CC(=O)c4c(N)ccc(O)c43)cc2)cc1. The molecule has 1 aliphatic rings. The first kappa shape index (κ1) is 21.6. The lowest BCUT2D eigenvalue weighted by atomic mass is 9.92. The van der Waals surface area contributed by atoms with Crippen molar-refractivity contribution in [2.45, 2.75) is 39.0 Å². The molecule has 3 N–H and O–H groups in total. The highest BCUT2D eigenvalue weighted by Gasteiger charge is 2.23. The van der Waals surface area contributed by atoms with Gasteiger partial charge in [0.1, 0.15) is 5.75 Å². The molecule has 0 saturated carbocycles. The van der Waals surface area contributed by atoms with Crippen molar-refractivity contribution < 1.29 is 9.90 Å². The number of nitrogen functional groups attached to an aromatic ring is 1. The number of anilines is 1. The van der Waals surface area contributed by atoms with Crippen molar-refractivity contribution in [3.05, 3.63) is 89.5 Å². The van der Waals surface area contributed by atoms with E-state index in [-0.39, 0.29) is 11.5 Å². The highest BCUT2D eigenvalue weighted by molar-refractivity contribution is 6.27. The summed E-state index contributed by atoms with van der Waals surface area (Å²) in [5, 5.41) is 10.3. The van der Waals surface area contributed by atoms with Gasteiger partial charge in [0.2, 0.25) is 0 Å². The Labute approximate surface area is 189 Å². The fourth-order valence-electron chi connectivity index (χ4n) is 4.03. The van der Waals surface area contributed by atoms with Gasteiger partial charge in [-0.2, -0.15) is 0 Å². The van der Waals surface area contributed by atoms with Crippen LogP contribution in [-0.4, -0.2) is 16.6 Å². The molecule has 0 unspecified atom stereocenters. The first-order valence-corrected chi connectivity index (χ1v) is 11.2. The predicted molar refractivity (Wildman–Crippen MR) is 132 cm³/mol. The molecule has 0 bridgehead atoms. The summed E-state index contributed by atoms with van der Waals surface area (Å²) in [5.41, 5.74) is 11.9. The number of ketones is 1. The Morgan fingerprint density at radius 1 is 0.812 bits per heavy atom. The smallest absolute Gasteiger partial charge is 0.188 e. The number of unbranched alkanes of at least 4 members (excludes halogenated alkanes) is 3. The van der Waals surface area contributed by atoms with E-state index in [1.54, 1.807) is 6.08 Å². The van der Waals surface area contributed by atoms with Gasteiger partial charge in [-0.3, -0.25) is 4.79 Å². The van der Waals surface area contributed by atoms with Gasteiger partial charge in [-0.15, -0.1) is 0 Å². The topological polar surface area (TPSA) is 75.7 Å². The number of carbonyl (C=O) groups excluding carboxylic acids is 1. The van der Waals surface area contributed by atoms with Crippen LogP contribution in [0.4, 0.5) is 11.4 Å². The number of nitrogens with two attached hydrogens (primary N) is 1. The number of aliphatic imine (C=N–C) groups is 1. The minimum Gasteiger partial charge on any atom is -0.507 e. The maximum Gasteiger partial charge on any atom is 0.188 e. The fraction of sp³-hybridized carbons (Fsp3) is 0.214. The Morgan fingerprint density at radius 3 is 2.19 bits per heavy atom. The summed E-state index contributed by atoms with van der Waals surface area (Å²) in [6, 6.07) is 19.7. The minimum absolute atomic E-state index is 0.00273. The van der Waals surface area contributed by atoms with E-state index in [1.807, 2.05) is 24.3 Å². The second kappa shape index (κ2) is 9.65. The Hall–Kier alpha value is -3.66. The van der Waals surface area contributed by atoms with Crippen molar-refractivity contribution in [3.8, 4) is 16.9 Å². The van der Waals surface area contributed by atoms with Crippen molar-refractivity contribution in [2.24, 2.45) is 4.99 Å². The van der Waals surface area contributed by atoms with Crippen LogP contribution in [0.2, 0.25) is 0 Å². The Bertz CT molecular complexity index is 1170. The molecule has 0 fully saturated rings. The number of fused-ring (bicyclic) bond motifs is 1. The average molecular weight is 425 g/mol. The number of rotatable bonds is 7. The molecule has 162 valence electrons. The van der Waals surface area contributed by atoms with Crippen molar-refractivity contribution in [3.63, 3.8) is 0 Å². The summed E-state index contributed by atoms with van der Waals surface area (Å²) in [6.07, 6.45) is 9.29. The number of aromatic hydroxyl groups is 1. The quantitative estimate of drug-likeness (QED) is 0.254. The van der Waals surface area contributed by atoms with E-state index in [9.17, 15) is 9.90 Å². The number of allylic oxidation sites excluding steroid dienone is 2. The highest BCUT2D eigenvalue weighted by atomic mass is 16.3. The number of nitrogens with zero attached hydrogens (tertiary/aromatic N) is 1. The number of carbonyl (C=O) groups is 1. The van der Waals surface area contributed by atoms with E-state index in [2.05, 4.69) is 36.2 Å². The van der Waals surface area contributed by atoms with Crippen LogP contribution in [-0.2, 0) is 6.42 Å². The molecule has 0 radical (unpaired) electrons. The molecule has 0 aromatic heterocycles. The third-order valence-corrected chi connectivity index (χ3v) is 5.83. The molecule has 0 spiro atoms. The lowest BCUT2D eigenvalue weighted by Gasteiger charge is -2.16. The van der Waals surface area contributed by atoms with E-state index >= 15 is 0 Å². The van der Waals surface area contributed by atoms with Gasteiger partial charge < -0.3 is 10.8 Å². The molecule has 3 aromatic carbocycles. The zero-order valence-corrected chi connectivity index (χ0v) is 18.3. The molecule has 32 heavy (non-hydrogen) atoms. The highest BCUT2D eigenvalue weighted by Crippen LogP contribution is 2.32.